The van der Waals surface area contributed by atoms with Gasteiger partial charge in [-0.2, -0.15) is 0 Å². The first-order chi connectivity index (χ1) is 8.08. The van der Waals surface area contributed by atoms with E-state index in [0.29, 0.717) is 22.4 Å². The molecule has 1 nitrogen and oxygen atoms in total. The molecule has 0 saturated carbocycles. The molecule has 0 aliphatic carbocycles. The minimum Gasteiger partial charge on any atom is -0.489 e. The Morgan fingerprint density at radius 1 is 1.29 bits per heavy atom. The van der Waals surface area contributed by atoms with Crippen LogP contribution in [0.5, 0.6) is 5.75 Å². The fourth-order valence-corrected chi connectivity index (χ4v) is 2.36. The Morgan fingerprint density at radius 2 is 1.88 bits per heavy atom. The van der Waals surface area contributed by atoms with Gasteiger partial charge in [0.05, 0.1) is 14.9 Å². The lowest BCUT2D eigenvalue weighted by Gasteiger charge is -2.13. The van der Waals surface area contributed by atoms with Crippen LogP contribution in [0, 0.1) is 0 Å². The first kappa shape index (κ1) is 15.6. The van der Waals surface area contributed by atoms with Gasteiger partial charge in [-0.3, -0.25) is 0 Å². The van der Waals surface area contributed by atoms with Crippen LogP contribution in [0.15, 0.2) is 12.1 Å². The molecule has 1 unspecified atom stereocenters. The Morgan fingerprint density at radius 3 is 2.35 bits per heavy atom. The number of alkyl halides is 2. The largest absolute Gasteiger partial charge is 0.489 e. The van der Waals surface area contributed by atoms with Gasteiger partial charge in [-0.1, -0.05) is 68.4 Å². The zero-order valence-electron chi connectivity index (χ0n) is 9.48. The summed E-state index contributed by atoms with van der Waals surface area (Å²) in [5.41, 5.74) is 1.14. The summed E-state index contributed by atoms with van der Waals surface area (Å²) in [5.74, 6) is 0.568. The van der Waals surface area contributed by atoms with Crippen LogP contribution in [0.2, 0.25) is 10.0 Å². The highest BCUT2D eigenvalue weighted by Gasteiger charge is 2.11. The third-order valence-corrected chi connectivity index (χ3v) is 4.97. The highest BCUT2D eigenvalue weighted by molar-refractivity contribution is 9.12. The maximum Gasteiger partial charge on any atom is 0.156 e. The summed E-state index contributed by atoms with van der Waals surface area (Å²) < 4.78 is 5.61. The molecular formula is C12H14Br2Cl2O. The Kier molecular flexibility index (Phi) is 7.24. The lowest BCUT2D eigenvalue weighted by atomic mass is 10.1. The second-order valence-electron chi connectivity index (χ2n) is 3.70. The highest BCUT2D eigenvalue weighted by Crippen LogP contribution is 2.34. The van der Waals surface area contributed by atoms with Crippen LogP contribution in [-0.2, 0) is 6.42 Å². The summed E-state index contributed by atoms with van der Waals surface area (Å²) in [5, 5.41) is 1.97. The molecule has 17 heavy (non-hydrogen) atoms. The summed E-state index contributed by atoms with van der Waals surface area (Å²) in [4.78, 5) is 0.241. The Bertz CT molecular complexity index is 349. The van der Waals surface area contributed by atoms with E-state index in [1.54, 1.807) is 0 Å². The molecule has 0 bridgehead atoms. The van der Waals surface area contributed by atoms with Crippen molar-refractivity contribution < 1.29 is 4.74 Å². The van der Waals surface area contributed by atoms with Crippen LogP contribution < -0.4 is 4.74 Å². The van der Waals surface area contributed by atoms with Gasteiger partial charge in [0.25, 0.3) is 0 Å². The zero-order chi connectivity index (χ0) is 12.8. The minimum atomic E-state index is 0.241. The van der Waals surface area contributed by atoms with E-state index in [4.69, 9.17) is 27.9 Å². The fraction of sp³-hybridized carbons (Fsp3) is 0.500. The number of ether oxygens (including phenoxy) is 1. The Balaban J connectivity index is 2.78. The first-order valence-corrected chi connectivity index (χ1v) is 8.18. The molecule has 5 heteroatoms. The number of hydrogen-bond acceptors (Lipinski definition) is 1. The van der Waals surface area contributed by atoms with Gasteiger partial charge in [0.2, 0.25) is 0 Å². The second kappa shape index (κ2) is 7.88. The maximum absolute atomic E-state index is 6.16. The molecular weight excluding hydrogens is 391 g/mol. The van der Waals surface area contributed by atoms with Crippen LogP contribution in [0.1, 0.15) is 18.9 Å². The molecule has 96 valence electrons. The van der Waals surface area contributed by atoms with E-state index in [-0.39, 0.29) is 4.83 Å². The molecule has 0 fully saturated rings. The number of benzene rings is 1. The lowest BCUT2D eigenvalue weighted by Crippen LogP contribution is -2.12. The predicted octanol–water partition coefficient (Wildman–Crippen LogP) is 5.48. The number of aryl methyl sites for hydroxylation is 1. The summed E-state index contributed by atoms with van der Waals surface area (Å²) in [6, 6.07) is 3.84. The van der Waals surface area contributed by atoms with Gasteiger partial charge in [-0.25, -0.2) is 0 Å². The van der Waals surface area contributed by atoms with Crippen molar-refractivity contribution in [3.8, 4) is 5.75 Å². The first-order valence-electron chi connectivity index (χ1n) is 5.39. The van der Waals surface area contributed by atoms with Crippen LogP contribution >= 0.6 is 55.1 Å². The third-order valence-electron chi connectivity index (χ3n) is 2.17. The van der Waals surface area contributed by atoms with Crippen molar-refractivity contribution in [2.24, 2.45) is 0 Å². The molecule has 0 aliphatic rings. The predicted molar refractivity (Wildman–Crippen MR) is 82.5 cm³/mol. The van der Waals surface area contributed by atoms with Gasteiger partial charge in [-0.15, -0.1) is 0 Å². The normalized spacial score (nSPS) is 12.5. The summed E-state index contributed by atoms with van der Waals surface area (Å²) in [7, 11) is 0. The molecule has 0 aromatic heterocycles. The molecule has 0 spiro atoms. The zero-order valence-corrected chi connectivity index (χ0v) is 14.2. The van der Waals surface area contributed by atoms with Crippen molar-refractivity contribution in [3.05, 3.63) is 27.7 Å². The minimum absolute atomic E-state index is 0.241. The summed E-state index contributed by atoms with van der Waals surface area (Å²) in [6.45, 7) is 2.65. The molecule has 0 radical (unpaired) electrons. The van der Waals surface area contributed by atoms with E-state index >= 15 is 0 Å². The lowest BCUT2D eigenvalue weighted by molar-refractivity contribution is 0.326. The van der Waals surface area contributed by atoms with E-state index in [0.717, 1.165) is 23.7 Å². The highest BCUT2D eigenvalue weighted by atomic mass is 79.9. The van der Waals surface area contributed by atoms with E-state index < -0.39 is 0 Å². The molecule has 0 amide bonds. The van der Waals surface area contributed by atoms with Gasteiger partial charge in [0.1, 0.15) is 6.61 Å². The number of hydrogen-bond donors (Lipinski definition) is 0. The monoisotopic (exact) mass is 402 g/mol. The fourth-order valence-electron chi connectivity index (χ4n) is 1.40. The topological polar surface area (TPSA) is 9.23 Å². The van der Waals surface area contributed by atoms with Crippen LogP contribution in [0.4, 0.5) is 0 Å². The molecule has 0 aliphatic heterocycles. The maximum atomic E-state index is 6.16. The van der Waals surface area contributed by atoms with Crippen molar-refractivity contribution in [1.29, 1.82) is 0 Å². The van der Waals surface area contributed by atoms with E-state index in [1.807, 2.05) is 12.1 Å². The van der Waals surface area contributed by atoms with Crippen LogP contribution in [0.25, 0.3) is 0 Å². The van der Waals surface area contributed by atoms with Crippen LogP contribution in [-0.4, -0.2) is 16.8 Å². The quantitative estimate of drug-likeness (QED) is 0.570. The second-order valence-corrected chi connectivity index (χ2v) is 6.46. The average molecular weight is 405 g/mol. The summed E-state index contributed by atoms with van der Waals surface area (Å²) in [6.07, 6.45) is 2.04. The van der Waals surface area contributed by atoms with Crippen molar-refractivity contribution in [2.45, 2.75) is 24.6 Å². The third kappa shape index (κ3) is 4.98. The van der Waals surface area contributed by atoms with Gasteiger partial charge >= 0.3 is 0 Å². The van der Waals surface area contributed by atoms with Gasteiger partial charge in [-0.05, 0) is 24.1 Å². The van der Waals surface area contributed by atoms with Crippen molar-refractivity contribution in [1.82, 2.24) is 0 Å². The molecule has 1 rings (SSSR count). The molecule has 1 atom stereocenters. The molecule has 1 aromatic carbocycles. The van der Waals surface area contributed by atoms with E-state index in [2.05, 4.69) is 38.8 Å². The van der Waals surface area contributed by atoms with Gasteiger partial charge in [0.15, 0.2) is 5.75 Å². The van der Waals surface area contributed by atoms with Crippen molar-refractivity contribution in [3.63, 3.8) is 0 Å². The van der Waals surface area contributed by atoms with Gasteiger partial charge < -0.3 is 4.74 Å². The van der Waals surface area contributed by atoms with E-state index in [9.17, 15) is 0 Å². The molecule has 0 heterocycles. The SMILES string of the molecule is CCCc1cc(Cl)c(OCC(Br)CBr)c(Cl)c1. The van der Waals surface area contributed by atoms with Crippen molar-refractivity contribution in [2.75, 3.05) is 11.9 Å². The Hall–Kier alpha value is 0.560. The smallest absolute Gasteiger partial charge is 0.156 e. The van der Waals surface area contributed by atoms with Gasteiger partial charge in [0, 0.05) is 5.33 Å². The average Bonchev–Trinajstić information content (AvgIpc) is 2.28. The molecule has 0 N–H and O–H groups in total. The number of halogens is 4. The standard InChI is InChI=1S/C12H14Br2Cl2O/c1-2-3-8-4-10(15)12(11(16)5-8)17-7-9(14)6-13/h4-5,9H,2-3,6-7H2,1H3. The number of rotatable bonds is 6. The molecule has 0 saturated heterocycles. The van der Waals surface area contributed by atoms with E-state index in [1.165, 1.54) is 0 Å². The van der Waals surface area contributed by atoms with Crippen molar-refractivity contribution >= 4 is 55.1 Å². The van der Waals surface area contributed by atoms with Crippen LogP contribution in [0.3, 0.4) is 0 Å². The Labute approximate surface area is 129 Å². The summed E-state index contributed by atoms with van der Waals surface area (Å²) >= 11 is 19.2. The molecule has 1 aromatic rings.